The molecule has 0 saturated carbocycles. The quantitative estimate of drug-likeness (QED) is 0.350. The van der Waals surface area contributed by atoms with Crippen molar-refractivity contribution in [1.82, 2.24) is 9.80 Å². The summed E-state index contributed by atoms with van der Waals surface area (Å²) in [7, 11) is -2.00. The molecule has 0 radical (unpaired) electrons. The van der Waals surface area contributed by atoms with E-state index in [2.05, 4.69) is 9.62 Å². The Morgan fingerprint density at radius 1 is 1.10 bits per heavy atom. The van der Waals surface area contributed by atoms with Gasteiger partial charge in [0.25, 0.3) is 15.9 Å². The molecular weight excluding hydrogens is 573 g/mol. The van der Waals surface area contributed by atoms with E-state index < -0.39 is 22.2 Å². The minimum absolute atomic E-state index is 0.0894. The SMILES string of the molecule is C[C@@H]1CN([C@@H](C)CO)C(=O)c2cccc(NS(=O)(=O)c3ccccc3)c2O[C@H]1CN(C)Cc1ccc(Cl)c(Cl)c1. The van der Waals surface area contributed by atoms with Gasteiger partial charge in [0.2, 0.25) is 0 Å². The van der Waals surface area contributed by atoms with E-state index in [1.165, 1.54) is 12.1 Å². The molecule has 1 heterocycles. The molecule has 4 rings (SSSR count). The summed E-state index contributed by atoms with van der Waals surface area (Å²) in [5.74, 6) is -0.338. The van der Waals surface area contributed by atoms with Crippen molar-refractivity contribution >= 4 is 44.8 Å². The van der Waals surface area contributed by atoms with E-state index in [-0.39, 0.29) is 40.3 Å². The van der Waals surface area contributed by atoms with Crippen molar-refractivity contribution < 1.29 is 23.1 Å². The van der Waals surface area contributed by atoms with Gasteiger partial charge in [-0.1, -0.05) is 60.5 Å². The predicted octanol–water partition coefficient (Wildman–Crippen LogP) is 5.15. The number of amides is 1. The van der Waals surface area contributed by atoms with Gasteiger partial charge in [0, 0.05) is 25.6 Å². The molecule has 2 N–H and O–H groups in total. The third-order valence-electron chi connectivity index (χ3n) is 6.92. The van der Waals surface area contributed by atoms with Gasteiger partial charge in [-0.2, -0.15) is 0 Å². The number of ether oxygens (including phenoxy) is 1. The number of hydrogen-bond acceptors (Lipinski definition) is 6. The minimum atomic E-state index is -3.95. The topological polar surface area (TPSA) is 99.2 Å². The molecule has 0 unspecified atom stereocenters. The molecule has 0 aromatic heterocycles. The summed E-state index contributed by atoms with van der Waals surface area (Å²) in [6, 6.07) is 17.8. The Kier molecular flexibility index (Phi) is 9.64. The maximum Gasteiger partial charge on any atom is 0.262 e. The van der Waals surface area contributed by atoms with Crippen molar-refractivity contribution in [3.05, 3.63) is 87.9 Å². The van der Waals surface area contributed by atoms with Crippen LogP contribution in [0, 0.1) is 5.92 Å². The van der Waals surface area contributed by atoms with Gasteiger partial charge in [-0.3, -0.25) is 14.4 Å². The predicted molar refractivity (Wildman–Crippen MR) is 158 cm³/mol. The standard InChI is InChI=1S/C29H33Cl2N3O5S/c1-19-15-34(20(2)18-35)29(36)23-10-7-11-26(32-40(37,38)22-8-5-4-6-9-22)28(23)39-27(19)17-33(3)16-21-12-13-24(30)25(31)14-21/h4-14,19-20,27,32,35H,15-18H2,1-3H3/t19-,20+,27+/m1/s1. The average molecular weight is 607 g/mol. The first-order valence-corrected chi connectivity index (χ1v) is 15.2. The lowest BCUT2D eigenvalue weighted by molar-refractivity contribution is 0.0344. The van der Waals surface area contributed by atoms with E-state index in [1.807, 2.05) is 26.1 Å². The highest BCUT2D eigenvalue weighted by atomic mass is 35.5. The smallest absolute Gasteiger partial charge is 0.262 e. The monoisotopic (exact) mass is 605 g/mol. The van der Waals surface area contributed by atoms with Gasteiger partial charge in [0.1, 0.15) is 6.10 Å². The summed E-state index contributed by atoms with van der Waals surface area (Å²) >= 11 is 12.3. The van der Waals surface area contributed by atoms with Crippen LogP contribution in [0.3, 0.4) is 0 Å². The van der Waals surface area contributed by atoms with Gasteiger partial charge >= 0.3 is 0 Å². The Hall–Kier alpha value is -2.82. The van der Waals surface area contributed by atoms with Crippen molar-refractivity contribution in [3.8, 4) is 5.75 Å². The average Bonchev–Trinajstić information content (AvgIpc) is 2.93. The Morgan fingerprint density at radius 3 is 2.50 bits per heavy atom. The molecule has 8 nitrogen and oxygen atoms in total. The van der Waals surface area contributed by atoms with Gasteiger partial charge in [0.15, 0.2) is 5.75 Å². The van der Waals surface area contributed by atoms with Crippen LogP contribution in [-0.4, -0.2) is 68.1 Å². The molecule has 3 aromatic carbocycles. The number of anilines is 1. The van der Waals surface area contributed by atoms with Gasteiger partial charge in [-0.05, 0) is 55.9 Å². The highest BCUT2D eigenvalue weighted by molar-refractivity contribution is 7.92. The second kappa shape index (κ2) is 12.8. The lowest BCUT2D eigenvalue weighted by Gasteiger charge is -2.38. The van der Waals surface area contributed by atoms with Crippen molar-refractivity contribution in [2.24, 2.45) is 5.92 Å². The van der Waals surface area contributed by atoms with E-state index in [4.69, 9.17) is 27.9 Å². The number of hydrogen-bond donors (Lipinski definition) is 2. The fourth-order valence-electron chi connectivity index (χ4n) is 4.67. The van der Waals surface area contributed by atoms with Crippen molar-refractivity contribution in [2.75, 3.05) is 31.5 Å². The Morgan fingerprint density at radius 2 is 1.82 bits per heavy atom. The Labute approximate surface area is 245 Å². The summed E-state index contributed by atoms with van der Waals surface area (Å²) in [5, 5.41) is 10.9. The second-order valence-corrected chi connectivity index (χ2v) is 12.7. The maximum absolute atomic E-state index is 13.7. The fourth-order valence-corrected chi connectivity index (χ4v) is 6.07. The largest absolute Gasteiger partial charge is 0.486 e. The molecule has 214 valence electrons. The first kappa shape index (κ1) is 30.1. The van der Waals surface area contributed by atoms with E-state index in [1.54, 1.807) is 54.3 Å². The fraction of sp³-hybridized carbons (Fsp3) is 0.345. The molecule has 40 heavy (non-hydrogen) atoms. The highest BCUT2D eigenvalue weighted by Gasteiger charge is 2.35. The summed E-state index contributed by atoms with van der Waals surface area (Å²) in [6.45, 7) is 4.93. The van der Waals surface area contributed by atoms with E-state index >= 15 is 0 Å². The molecule has 0 fully saturated rings. The zero-order valence-corrected chi connectivity index (χ0v) is 24.9. The van der Waals surface area contributed by atoms with Gasteiger partial charge in [-0.25, -0.2) is 8.42 Å². The van der Waals surface area contributed by atoms with Crippen LogP contribution in [0.25, 0.3) is 0 Å². The number of rotatable bonds is 9. The van der Waals surface area contributed by atoms with Crippen molar-refractivity contribution in [2.45, 2.75) is 37.4 Å². The van der Waals surface area contributed by atoms with Crippen molar-refractivity contribution in [1.29, 1.82) is 0 Å². The lowest BCUT2D eigenvalue weighted by atomic mass is 9.99. The Bertz CT molecular complexity index is 1460. The number of nitrogens with zero attached hydrogens (tertiary/aromatic N) is 2. The molecule has 0 bridgehead atoms. The number of likely N-dealkylation sites (N-methyl/N-ethyl adjacent to an activating group) is 1. The number of para-hydroxylation sites is 1. The summed E-state index contributed by atoms with van der Waals surface area (Å²) in [5.41, 5.74) is 1.35. The number of nitrogens with one attached hydrogen (secondary N) is 1. The number of sulfonamides is 1. The highest BCUT2D eigenvalue weighted by Crippen LogP contribution is 2.36. The minimum Gasteiger partial charge on any atom is -0.486 e. The van der Waals surface area contributed by atoms with E-state index in [0.717, 1.165) is 5.56 Å². The molecule has 3 aromatic rings. The van der Waals surface area contributed by atoms with Gasteiger partial charge < -0.3 is 14.7 Å². The molecule has 1 amide bonds. The van der Waals surface area contributed by atoms with E-state index in [0.29, 0.717) is 29.7 Å². The maximum atomic E-state index is 13.7. The molecule has 0 spiro atoms. The summed E-state index contributed by atoms with van der Waals surface area (Å²) in [6.07, 6.45) is -0.421. The number of fused-ring (bicyclic) bond motifs is 1. The van der Waals surface area contributed by atoms with Crippen LogP contribution < -0.4 is 9.46 Å². The third kappa shape index (κ3) is 6.90. The molecule has 0 saturated heterocycles. The normalized spacial score (nSPS) is 18.5. The van der Waals surface area contributed by atoms with Crippen LogP contribution >= 0.6 is 23.2 Å². The zero-order chi connectivity index (χ0) is 29.0. The molecule has 3 atom stereocenters. The van der Waals surface area contributed by atoms with Gasteiger partial charge in [0.05, 0.1) is 38.8 Å². The first-order valence-electron chi connectivity index (χ1n) is 12.9. The number of benzene rings is 3. The Balaban J connectivity index is 1.70. The van der Waals surface area contributed by atoms with Crippen LogP contribution in [0.2, 0.25) is 10.0 Å². The van der Waals surface area contributed by atoms with E-state index in [9.17, 15) is 18.3 Å². The van der Waals surface area contributed by atoms with Crippen LogP contribution in [0.4, 0.5) is 5.69 Å². The zero-order valence-electron chi connectivity index (χ0n) is 22.6. The molecule has 0 aliphatic carbocycles. The van der Waals surface area contributed by atoms with Crippen LogP contribution in [0.1, 0.15) is 29.8 Å². The first-order chi connectivity index (χ1) is 19.0. The molecule has 1 aliphatic rings. The van der Waals surface area contributed by atoms with Gasteiger partial charge in [-0.15, -0.1) is 0 Å². The van der Waals surface area contributed by atoms with Crippen LogP contribution in [0.5, 0.6) is 5.75 Å². The third-order valence-corrected chi connectivity index (χ3v) is 9.04. The molecule has 1 aliphatic heterocycles. The second-order valence-electron chi connectivity index (χ2n) is 10.2. The molecular formula is C29H33Cl2N3O5S. The number of aliphatic hydroxyl groups excluding tert-OH is 1. The number of halogens is 2. The number of carbonyl (C=O) groups excluding carboxylic acids is 1. The molecule has 11 heteroatoms. The summed E-state index contributed by atoms with van der Waals surface area (Å²) in [4.78, 5) is 17.5. The van der Waals surface area contributed by atoms with Crippen LogP contribution in [0.15, 0.2) is 71.6 Å². The van der Waals surface area contributed by atoms with Crippen LogP contribution in [-0.2, 0) is 16.6 Å². The number of carbonyl (C=O) groups is 1. The lowest BCUT2D eigenvalue weighted by Crippen LogP contribution is -2.49. The summed E-state index contributed by atoms with van der Waals surface area (Å²) < 4.78 is 35.5. The van der Waals surface area contributed by atoms with Crippen molar-refractivity contribution in [3.63, 3.8) is 0 Å². The number of aliphatic hydroxyl groups is 1.